The zero-order valence-corrected chi connectivity index (χ0v) is 14.8. The predicted octanol–water partition coefficient (Wildman–Crippen LogP) is 5.09. The molecule has 0 spiro atoms. The van der Waals surface area contributed by atoms with Gasteiger partial charge in [-0.25, -0.2) is 9.97 Å². The monoisotopic (exact) mass is 372 g/mol. The molecule has 0 atom stereocenters. The summed E-state index contributed by atoms with van der Waals surface area (Å²) in [4.78, 5) is 20.5. The second-order valence-electron chi connectivity index (χ2n) is 5.36. The molecule has 2 aromatic carbocycles. The van der Waals surface area contributed by atoms with E-state index in [0.29, 0.717) is 27.2 Å². The molecule has 0 aliphatic heterocycles. The molecule has 25 heavy (non-hydrogen) atoms. The zero-order chi connectivity index (χ0) is 17.8. The molecule has 2 N–H and O–H groups in total. The van der Waals surface area contributed by atoms with Crippen molar-refractivity contribution in [1.82, 2.24) is 9.97 Å². The second kappa shape index (κ2) is 7.51. The molecule has 0 saturated heterocycles. The third kappa shape index (κ3) is 4.47. The van der Waals surface area contributed by atoms with E-state index >= 15 is 0 Å². The lowest BCUT2D eigenvalue weighted by molar-refractivity contribution is 0.102. The standard InChI is InChI=1S/C18H14Cl2N4O/c1-11-2-5-13(6-3-11)23-18(25)16-9-22-17(10-21-16)24-15-8-12(19)4-7-14(15)20/h2-10H,1H3,(H,22,24)(H,23,25). The van der Waals surface area contributed by atoms with Gasteiger partial charge in [0.2, 0.25) is 0 Å². The number of aromatic nitrogens is 2. The highest BCUT2D eigenvalue weighted by atomic mass is 35.5. The minimum atomic E-state index is -0.330. The maximum atomic E-state index is 12.2. The first kappa shape index (κ1) is 17.2. The summed E-state index contributed by atoms with van der Waals surface area (Å²) in [5.41, 5.74) is 2.64. The van der Waals surface area contributed by atoms with Crippen molar-refractivity contribution in [3.8, 4) is 0 Å². The SMILES string of the molecule is Cc1ccc(NC(=O)c2cnc(Nc3cc(Cl)ccc3Cl)cn2)cc1. The van der Waals surface area contributed by atoms with E-state index in [-0.39, 0.29) is 11.6 Å². The molecule has 0 aliphatic carbocycles. The van der Waals surface area contributed by atoms with Crippen LogP contribution in [0.3, 0.4) is 0 Å². The molecule has 1 heterocycles. The number of anilines is 3. The van der Waals surface area contributed by atoms with Gasteiger partial charge in [0.1, 0.15) is 11.5 Å². The lowest BCUT2D eigenvalue weighted by Gasteiger charge is -2.08. The predicted molar refractivity (Wildman–Crippen MR) is 101 cm³/mol. The Morgan fingerprint density at radius 3 is 2.44 bits per heavy atom. The molecule has 7 heteroatoms. The number of nitrogens with zero attached hydrogens (tertiary/aromatic N) is 2. The van der Waals surface area contributed by atoms with E-state index in [1.807, 2.05) is 31.2 Å². The Balaban J connectivity index is 1.70. The molecule has 0 aliphatic rings. The van der Waals surface area contributed by atoms with E-state index in [9.17, 15) is 4.79 Å². The highest BCUT2D eigenvalue weighted by molar-refractivity contribution is 6.35. The average Bonchev–Trinajstić information content (AvgIpc) is 2.61. The molecule has 3 aromatic rings. The number of halogens is 2. The molecule has 0 fully saturated rings. The number of amides is 1. The third-order valence-electron chi connectivity index (χ3n) is 3.39. The number of hydrogen-bond acceptors (Lipinski definition) is 4. The number of rotatable bonds is 4. The van der Waals surface area contributed by atoms with Gasteiger partial charge in [0.05, 0.1) is 23.1 Å². The summed E-state index contributed by atoms with van der Waals surface area (Å²) in [7, 11) is 0. The Morgan fingerprint density at radius 1 is 1.00 bits per heavy atom. The fourth-order valence-corrected chi connectivity index (χ4v) is 2.41. The fraction of sp³-hybridized carbons (Fsp3) is 0.0556. The van der Waals surface area contributed by atoms with Crippen LogP contribution < -0.4 is 10.6 Å². The molecule has 0 radical (unpaired) electrons. The number of aryl methyl sites for hydroxylation is 1. The quantitative estimate of drug-likeness (QED) is 0.669. The molecule has 3 rings (SSSR count). The van der Waals surface area contributed by atoms with Crippen LogP contribution >= 0.6 is 23.2 Å². The summed E-state index contributed by atoms with van der Waals surface area (Å²) in [5.74, 6) is 0.125. The van der Waals surface area contributed by atoms with Crippen LogP contribution in [-0.2, 0) is 0 Å². The lowest BCUT2D eigenvalue weighted by Crippen LogP contribution is -2.14. The van der Waals surface area contributed by atoms with Gasteiger partial charge in [-0.1, -0.05) is 40.9 Å². The molecule has 5 nitrogen and oxygen atoms in total. The molecule has 1 amide bonds. The first-order valence-electron chi connectivity index (χ1n) is 7.43. The molecule has 1 aromatic heterocycles. The number of nitrogens with one attached hydrogen (secondary N) is 2. The van der Waals surface area contributed by atoms with E-state index in [2.05, 4.69) is 20.6 Å². The van der Waals surface area contributed by atoms with Crippen LogP contribution in [0.2, 0.25) is 10.0 Å². The van der Waals surface area contributed by atoms with Crippen molar-refractivity contribution >= 4 is 46.3 Å². The molecule has 0 bridgehead atoms. The number of carbonyl (C=O) groups is 1. The van der Waals surface area contributed by atoms with Crippen molar-refractivity contribution in [1.29, 1.82) is 0 Å². The molecular formula is C18H14Cl2N4O. The van der Waals surface area contributed by atoms with Gasteiger partial charge in [0, 0.05) is 10.7 Å². The van der Waals surface area contributed by atoms with Crippen LogP contribution in [-0.4, -0.2) is 15.9 Å². The zero-order valence-electron chi connectivity index (χ0n) is 13.3. The van der Waals surface area contributed by atoms with Gasteiger partial charge < -0.3 is 10.6 Å². The van der Waals surface area contributed by atoms with Gasteiger partial charge in [-0.15, -0.1) is 0 Å². The Hall–Kier alpha value is -2.63. The van der Waals surface area contributed by atoms with Crippen LogP contribution in [0.1, 0.15) is 16.1 Å². The van der Waals surface area contributed by atoms with Crippen LogP contribution in [0.25, 0.3) is 0 Å². The first-order valence-corrected chi connectivity index (χ1v) is 8.19. The summed E-state index contributed by atoms with van der Waals surface area (Å²) in [6.07, 6.45) is 2.85. The van der Waals surface area contributed by atoms with Crippen molar-refractivity contribution in [2.45, 2.75) is 6.92 Å². The normalized spacial score (nSPS) is 10.4. The van der Waals surface area contributed by atoms with E-state index < -0.39 is 0 Å². The Bertz CT molecular complexity index is 896. The van der Waals surface area contributed by atoms with E-state index in [0.717, 1.165) is 5.56 Å². The number of carbonyl (C=O) groups excluding carboxylic acids is 1. The lowest BCUT2D eigenvalue weighted by atomic mass is 10.2. The van der Waals surface area contributed by atoms with Crippen molar-refractivity contribution in [3.05, 3.63) is 76.2 Å². The topological polar surface area (TPSA) is 66.9 Å². The summed E-state index contributed by atoms with van der Waals surface area (Å²) < 4.78 is 0. The average molecular weight is 373 g/mol. The van der Waals surface area contributed by atoms with Crippen molar-refractivity contribution in [3.63, 3.8) is 0 Å². The van der Waals surface area contributed by atoms with Gasteiger partial charge in [-0.3, -0.25) is 4.79 Å². The molecular weight excluding hydrogens is 359 g/mol. The fourth-order valence-electron chi connectivity index (χ4n) is 2.07. The first-order chi connectivity index (χ1) is 12.0. The Morgan fingerprint density at radius 2 is 1.76 bits per heavy atom. The van der Waals surface area contributed by atoms with E-state index in [1.54, 1.807) is 18.2 Å². The highest BCUT2D eigenvalue weighted by Gasteiger charge is 2.09. The summed E-state index contributed by atoms with van der Waals surface area (Å²) >= 11 is 12.0. The van der Waals surface area contributed by atoms with Gasteiger partial charge in [-0.05, 0) is 37.3 Å². The van der Waals surface area contributed by atoms with Gasteiger partial charge >= 0.3 is 0 Å². The minimum Gasteiger partial charge on any atom is -0.338 e. The number of hydrogen-bond donors (Lipinski definition) is 2. The minimum absolute atomic E-state index is 0.211. The van der Waals surface area contributed by atoms with Crippen molar-refractivity contribution < 1.29 is 4.79 Å². The molecule has 126 valence electrons. The Kier molecular flexibility index (Phi) is 5.16. The van der Waals surface area contributed by atoms with Crippen LogP contribution in [0, 0.1) is 6.92 Å². The van der Waals surface area contributed by atoms with Gasteiger partial charge in [0.15, 0.2) is 0 Å². The van der Waals surface area contributed by atoms with Crippen LogP contribution in [0.4, 0.5) is 17.2 Å². The van der Waals surface area contributed by atoms with Crippen molar-refractivity contribution in [2.24, 2.45) is 0 Å². The van der Waals surface area contributed by atoms with Crippen LogP contribution in [0.5, 0.6) is 0 Å². The van der Waals surface area contributed by atoms with Gasteiger partial charge in [0.25, 0.3) is 5.91 Å². The van der Waals surface area contributed by atoms with E-state index in [4.69, 9.17) is 23.2 Å². The van der Waals surface area contributed by atoms with Crippen molar-refractivity contribution in [2.75, 3.05) is 10.6 Å². The summed E-state index contributed by atoms with van der Waals surface area (Å²) in [5, 5.41) is 6.84. The Labute approximate surface area is 155 Å². The maximum Gasteiger partial charge on any atom is 0.275 e. The summed E-state index contributed by atoms with van der Waals surface area (Å²) in [6.45, 7) is 1.98. The largest absolute Gasteiger partial charge is 0.338 e. The molecule has 0 unspecified atom stereocenters. The third-order valence-corrected chi connectivity index (χ3v) is 3.95. The molecule has 0 saturated carbocycles. The smallest absolute Gasteiger partial charge is 0.275 e. The maximum absolute atomic E-state index is 12.2. The summed E-state index contributed by atoms with van der Waals surface area (Å²) in [6, 6.07) is 12.6. The second-order valence-corrected chi connectivity index (χ2v) is 6.20. The van der Waals surface area contributed by atoms with Gasteiger partial charge in [-0.2, -0.15) is 0 Å². The van der Waals surface area contributed by atoms with E-state index in [1.165, 1.54) is 12.4 Å². The number of benzene rings is 2. The highest BCUT2D eigenvalue weighted by Crippen LogP contribution is 2.27. The van der Waals surface area contributed by atoms with Crippen LogP contribution in [0.15, 0.2) is 54.9 Å².